The van der Waals surface area contributed by atoms with Gasteiger partial charge in [0, 0.05) is 30.1 Å². The maximum absolute atomic E-state index is 13.4. The number of rotatable bonds is 6. The van der Waals surface area contributed by atoms with E-state index in [0.29, 0.717) is 24.1 Å². The number of anilines is 1. The van der Waals surface area contributed by atoms with Crippen LogP contribution in [0.25, 0.3) is 0 Å². The van der Waals surface area contributed by atoms with Crippen molar-refractivity contribution in [2.75, 3.05) is 11.4 Å². The van der Waals surface area contributed by atoms with Crippen molar-refractivity contribution in [2.24, 2.45) is 0 Å². The summed E-state index contributed by atoms with van der Waals surface area (Å²) in [4.78, 5) is 26.3. The fraction of sp³-hybridized carbons (Fsp3) is 0.300. The molecule has 1 heterocycles. The second-order valence-corrected chi connectivity index (χ2v) is 7.04. The Bertz CT molecular complexity index is 869. The summed E-state index contributed by atoms with van der Waals surface area (Å²) in [5, 5.41) is 10.9. The standard InChI is InChI=1S/C20H18ClF2NO3/c21-14-9-13(10-16(23)11-14)3-1-6-18(25)20(27)7-8-24(19(20)26)17-5-2-4-15(22)12-17/h2,4-5,9-12,27H,1,3,6-8H2/t20-/m1/s1. The summed E-state index contributed by atoms with van der Waals surface area (Å²) in [5.41, 5.74) is -1.16. The number of aliphatic hydroxyl groups is 1. The van der Waals surface area contributed by atoms with E-state index in [1.165, 1.54) is 35.2 Å². The van der Waals surface area contributed by atoms with Gasteiger partial charge in [0.15, 0.2) is 5.78 Å². The molecule has 0 unspecified atom stereocenters. The predicted molar refractivity (Wildman–Crippen MR) is 97.7 cm³/mol. The SMILES string of the molecule is O=C(CCCc1cc(F)cc(Cl)c1)[C@]1(O)CCN(c2cccc(F)c2)C1=O. The van der Waals surface area contributed by atoms with Gasteiger partial charge < -0.3 is 10.0 Å². The molecule has 0 spiro atoms. The molecule has 1 saturated heterocycles. The van der Waals surface area contributed by atoms with Gasteiger partial charge in [0.05, 0.1) is 0 Å². The Balaban J connectivity index is 1.63. The zero-order valence-corrected chi connectivity index (χ0v) is 15.2. The molecule has 1 fully saturated rings. The maximum atomic E-state index is 13.4. The molecule has 27 heavy (non-hydrogen) atoms. The zero-order valence-electron chi connectivity index (χ0n) is 14.4. The third kappa shape index (κ3) is 4.17. The highest BCUT2D eigenvalue weighted by Gasteiger charge is 2.50. The Hall–Kier alpha value is -2.31. The van der Waals surface area contributed by atoms with E-state index in [-0.39, 0.29) is 24.4 Å². The number of hydrogen-bond acceptors (Lipinski definition) is 3. The minimum absolute atomic E-state index is 0.0344. The molecule has 0 bridgehead atoms. The molecular formula is C20H18ClF2NO3. The van der Waals surface area contributed by atoms with E-state index in [1.807, 2.05) is 0 Å². The van der Waals surface area contributed by atoms with Crippen LogP contribution >= 0.6 is 11.6 Å². The molecule has 1 N–H and O–H groups in total. The molecule has 2 aromatic carbocycles. The van der Waals surface area contributed by atoms with Crippen molar-refractivity contribution in [3.63, 3.8) is 0 Å². The fourth-order valence-corrected chi connectivity index (χ4v) is 3.51. The number of halogens is 3. The molecule has 2 aromatic rings. The van der Waals surface area contributed by atoms with Crippen LogP contribution in [0.2, 0.25) is 5.02 Å². The van der Waals surface area contributed by atoms with Crippen LogP contribution in [0.15, 0.2) is 42.5 Å². The van der Waals surface area contributed by atoms with Gasteiger partial charge in [-0.3, -0.25) is 9.59 Å². The van der Waals surface area contributed by atoms with Crippen LogP contribution in [0.4, 0.5) is 14.5 Å². The normalized spacial score (nSPS) is 19.6. The minimum Gasteiger partial charge on any atom is -0.373 e. The van der Waals surface area contributed by atoms with Gasteiger partial charge in [-0.1, -0.05) is 17.7 Å². The third-order valence-electron chi connectivity index (χ3n) is 4.67. The molecule has 0 aliphatic carbocycles. The number of carbonyl (C=O) groups excluding carboxylic acids is 2. The predicted octanol–water partition coefficient (Wildman–Crippen LogP) is 3.68. The second kappa shape index (κ2) is 7.74. The molecule has 1 aliphatic heterocycles. The highest BCUT2D eigenvalue weighted by molar-refractivity contribution is 6.30. The topological polar surface area (TPSA) is 57.6 Å². The van der Waals surface area contributed by atoms with Crippen LogP contribution in [0.1, 0.15) is 24.8 Å². The molecular weight excluding hydrogens is 376 g/mol. The highest BCUT2D eigenvalue weighted by atomic mass is 35.5. The molecule has 1 amide bonds. The molecule has 1 atom stereocenters. The summed E-state index contributed by atoms with van der Waals surface area (Å²) in [6.07, 6.45) is 0.648. The Morgan fingerprint density at radius 2 is 1.96 bits per heavy atom. The van der Waals surface area contributed by atoms with Gasteiger partial charge in [-0.2, -0.15) is 0 Å². The van der Waals surface area contributed by atoms with Crippen LogP contribution in [-0.2, 0) is 16.0 Å². The maximum Gasteiger partial charge on any atom is 0.266 e. The molecule has 142 valence electrons. The van der Waals surface area contributed by atoms with Crippen molar-refractivity contribution in [3.8, 4) is 0 Å². The van der Waals surface area contributed by atoms with Crippen molar-refractivity contribution < 1.29 is 23.5 Å². The van der Waals surface area contributed by atoms with Crippen molar-refractivity contribution in [1.82, 2.24) is 0 Å². The quantitative estimate of drug-likeness (QED) is 0.762. The second-order valence-electron chi connectivity index (χ2n) is 6.60. The average Bonchev–Trinajstić information content (AvgIpc) is 2.90. The lowest BCUT2D eigenvalue weighted by Crippen LogP contribution is -2.46. The summed E-state index contributed by atoms with van der Waals surface area (Å²) < 4.78 is 26.7. The molecule has 7 heteroatoms. The first kappa shape index (κ1) is 19.5. The zero-order chi connectivity index (χ0) is 19.6. The van der Waals surface area contributed by atoms with Crippen LogP contribution in [0.3, 0.4) is 0 Å². The number of carbonyl (C=O) groups is 2. The lowest BCUT2D eigenvalue weighted by atomic mass is 9.92. The summed E-state index contributed by atoms with van der Waals surface area (Å²) in [5.74, 6) is -2.30. The summed E-state index contributed by atoms with van der Waals surface area (Å²) >= 11 is 5.80. The van der Waals surface area contributed by atoms with E-state index in [0.717, 1.165) is 0 Å². The van der Waals surface area contributed by atoms with Crippen LogP contribution < -0.4 is 4.90 Å². The van der Waals surface area contributed by atoms with Crippen LogP contribution in [0, 0.1) is 11.6 Å². The number of aryl methyl sites for hydroxylation is 1. The van der Waals surface area contributed by atoms with Gasteiger partial charge >= 0.3 is 0 Å². The number of benzene rings is 2. The van der Waals surface area contributed by atoms with Crippen molar-refractivity contribution in [1.29, 1.82) is 0 Å². The lowest BCUT2D eigenvalue weighted by molar-refractivity contribution is -0.147. The van der Waals surface area contributed by atoms with Gasteiger partial charge in [0.1, 0.15) is 11.6 Å². The molecule has 1 aliphatic rings. The number of Topliss-reactive ketones (excluding diaryl/α,β-unsaturated/α-hetero) is 1. The van der Waals surface area contributed by atoms with E-state index < -0.39 is 28.9 Å². The molecule has 0 aromatic heterocycles. The molecule has 0 saturated carbocycles. The number of amides is 1. The van der Waals surface area contributed by atoms with Gasteiger partial charge in [-0.25, -0.2) is 8.78 Å². The Kier molecular flexibility index (Phi) is 5.58. The molecule has 4 nitrogen and oxygen atoms in total. The van der Waals surface area contributed by atoms with Crippen molar-refractivity contribution in [2.45, 2.75) is 31.3 Å². The van der Waals surface area contributed by atoms with Crippen LogP contribution in [-0.4, -0.2) is 28.9 Å². The van der Waals surface area contributed by atoms with Crippen molar-refractivity contribution in [3.05, 3.63) is 64.7 Å². The first-order chi connectivity index (χ1) is 12.8. The lowest BCUT2D eigenvalue weighted by Gasteiger charge is -2.21. The number of ketones is 1. The van der Waals surface area contributed by atoms with E-state index in [4.69, 9.17) is 11.6 Å². The van der Waals surface area contributed by atoms with Gasteiger partial charge in [0.2, 0.25) is 5.60 Å². The highest BCUT2D eigenvalue weighted by Crippen LogP contribution is 2.30. The first-order valence-electron chi connectivity index (χ1n) is 8.58. The van der Waals surface area contributed by atoms with E-state index in [2.05, 4.69) is 0 Å². The van der Waals surface area contributed by atoms with Gasteiger partial charge in [-0.15, -0.1) is 0 Å². The molecule has 0 radical (unpaired) electrons. The van der Waals surface area contributed by atoms with Crippen molar-refractivity contribution >= 4 is 29.0 Å². The molecule has 3 rings (SSSR count). The largest absolute Gasteiger partial charge is 0.373 e. The monoisotopic (exact) mass is 393 g/mol. The van der Waals surface area contributed by atoms with Gasteiger partial charge in [0.25, 0.3) is 5.91 Å². The Morgan fingerprint density at radius 1 is 1.19 bits per heavy atom. The van der Waals surface area contributed by atoms with Crippen LogP contribution in [0.5, 0.6) is 0 Å². The Morgan fingerprint density at radius 3 is 2.67 bits per heavy atom. The summed E-state index contributed by atoms with van der Waals surface area (Å²) in [6.45, 7) is 0.129. The average molecular weight is 394 g/mol. The number of nitrogens with zero attached hydrogens (tertiary/aromatic N) is 1. The van der Waals surface area contributed by atoms with E-state index in [9.17, 15) is 23.5 Å². The van der Waals surface area contributed by atoms with E-state index >= 15 is 0 Å². The smallest absolute Gasteiger partial charge is 0.266 e. The summed E-state index contributed by atoms with van der Waals surface area (Å²) in [6, 6.07) is 9.57. The van der Waals surface area contributed by atoms with Gasteiger partial charge in [-0.05, 0) is 54.8 Å². The minimum atomic E-state index is -2.11. The van der Waals surface area contributed by atoms with E-state index in [1.54, 1.807) is 12.1 Å². The fourth-order valence-electron chi connectivity index (χ4n) is 3.27. The Labute approximate surface area is 160 Å². The first-order valence-corrected chi connectivity index (χ1v) is 8.95. The third-order valence-corrected chi connectivity index (χ3v) is 4.89. The number of hydrogen-bond donors (Lipinski definition) is 1. The summed E-state index contributed by atoms with van der Waals surface area (Å²) in [7, 11) is 0.